The highest BCUT2D eigenvalue weighted by atomic mass is 79.9. The van der Waals surface area contributed by atoms with Gasteiger partial charge in [0.2, 0.25) is 5.95 Å². The van der Waals surface area contributed by atoms with Gasteiger partial charge >= 0.3 is 0 Å². The zero-order valence-electron chi connectivity index (χ0n) is 9.34. The molecule has 0 amide bonds. The molecule has 1 heterocycles. The van der Waals surface area contributed by atoms with E-state index < -0.39 is 5.82 Å². The van der Waals surface area contributed by atoms with Gasteiger partial charge in [0.1, 0.15) is 11.6 Å². The second kappa shape index (κ2) is 5.49. The highest BCUT2D eigenvalue weighted by Crippen LogP contribution is 2.26. The Bertz CT molecular complexity index is 579. The molecule has 2 N–H and O–H groups in total. The molecule has 2 aromatic rings. The van der Waals surface area contributed by atoms with Crippen LogP contribution in [0, 0.1) is 5.82 Å². The number of hydrogen-bond donors (Lipinski definition) is 2. The largest absolute Gasteiger partial charge is 0.357 e. The summed E-state index contributed by atoms with van der Waals surface area (Å²) in [6, 6.07) is 4.45. The minimum Gasteiger partial charge on any atom is -0.357 e. The first-order chi connectivity index (χ1) is 8.60. The van der Waals surface area contributed by atoms with E-state index in [1.165, 1.54) is 12.1 Å². The summed E-state index contributed by atoms with van der Waals surface area (Å²) < 4.78 is 14.0. The van der Waals surface area contributed by atoms with Gasteiger partial charge in [0.15, 0.2) is 0 Å². The average molecular weight is 332 g/mol. The molecular weight excluding hydrogens is 323 g/mol. The Kier molecular flexibility index (Phi) is 3.98. The predicted molar refractivity (Wildman–Crippen MR) is 74.0 cm³/mol. The van der Waals surface area contributed by atoms with E-state index in [-0.39, 0.29) is 5.02 Å². The van der Waals surface area contributed by atoms with Gasteiger partial charge in [-0.25, -0.2) is 9.37 Å². The fourth-order valence-electron chi connectivity index (χ4n) is 1.29. The molecule has 0 saturated heterocycles. The summed E-state index contributed by atoms with van der Waals surface area (Å²) in [7, 11) is 1.72. The van der Waals surface area contributed by atoms with Gasteiger partial charge in [0, 0.05) is 18.9 Å². The van der Waals surface area contributed by atoms with Gasteiger partial charge in [-0.1, -0.05) is 11.6 Å². The number of anilines is 3. The lowest BCUT2D eigenvalue weighted by atomic mass is 10.3. The van der Waals surface area contributed by atoms with Gasteiger partial charge in [-0.3, -0.25) is 0 Å². The molecule has 0 saturated carbocycles. The van der Waals surface area contributed by atoms with Crippen LogP contribution in [-0.2, 0) is 0 Å². The lowest BCUT2D eigenvalue weighted by molar-refractivity contribution is 0.629. The first kappa shape index (κ1) is 13.0. The lowest BCUT2D eigenvalue weighted by Gasteiger charge is -2.09. The molecule has 0 aliphatic rings. The first-order valence-electron chi connectivity index (χ1n) is 5.02. The van der Waals surface area contributed by atoms with Crippen molar-refractivity contribution in [3.05, 3.63) is 39.7 Å². The third-order valence-corrected chi connectivity index (χ3v) is 3.04. The van der Waals surface area contributed by atoms with Crippen LogP contribution < -0.4 is 10.6 Å². The molecule has 1 aromatic carbocycles. The van der Waals surface area contributed by atoms with Crippen molar-refractivity contribution in [1.82, 2.24) is 9.97 Å². The van der Waals surface area contributed by atoms with Gasteiger partial charge in [0.05, 0.1) is 9.50 Å². The van der Waals surface area contributed by atoms with Crippen LogP contribution in [0.15, 0.2) is 28.9 Å². The number of nitrogens with one attached hydrogen (secondary N) is 2. The highest BCUT2D eigenvalue weighted by molar-refractivity contribution is 9.10. The van der Waals surface area contributed by atoms with Crippen LogP contribution >= 0.6 is 27.5 Å². The van der Waals surface area contributed by atoms with Crippen molar-refractivity contribution < 1.29 is 4.39 Å². The summed E-state index contributed by atoms with van der Waals surface area (Å²) in [5.74, 6) is 0.520. The maximum atomic E-state index is 13.3. The summed E-state index contributed by atoms with van der Waals surface area (Å²) in [6.07, 6.45) is 1.60. The summed E-state index contributed by atoms with van der Waals surface area (Å²) in [6.45, 7) is 0. The zero-order chi connectivity index (χ0) is 13.1. The van der Waals surface area contributed by atoms with Crippen molar-refractivity contribution in [2.75, 3.05) is 17.7 Å². The van der Waals surface area contributed by atoms with Crippen LogP contribution in [0.5, 0.6) is 0 Å². The molecule has 0 radical (unpaired) electrons. The molecule has 0 fully saturated rings. The van der Waals surface area contributed by atoms with Crippen LogP contribution in [0.3, 0.4) is 0 Å². The zero-order valence-corrected chi connectivity index (χ0v) is 11.7. The van der Waals surface area contributed by atoms with E-state index in [2.05, 4.69) is 36.5 Å². The Balaban J connectivity index is 2.30. The summed E-state index contributed by atoms with van der Waals surface area (Å²) in [5, 5.41) is 5.88. The van der Waals surface area contributed by atoms with E-state index in [0.717, 1.165) is 0 Å². The van der Waals surface area contributed by atoms with Crippen LogP contribution in [0.2, 0.25) is 5.02 Å². The van der Waals surface area contributed by atoms with Crippen molar-refractivity contribution in [1.29, 1.82) is 0 Å². The van der Waals surface area contributed by atoms with E-state index in [0.29, 0.717) is 21.9 Å². The van der Waals surface area contributed by atoms with Crippen LogP contribution in [0.1, 0.15) is 0 Å². The summed E-state index contributed by atoms with van der Waals surface area (Å²) in [5.41, 5.74) is 0.554. The smallest absolute Gasteiger partial charge is 0.224 e. The van der Waals surface area contributed by atoms with Gasteiger partial charge in [0.25, 0.3) is 0 Å². The molecule has 4 nitrogen and oxygen atoms in total. The first-order valence-corrected chi connectivity index (χ1v) is 6.19. The van der Waals surface area contributed by atoms with Gasteiger partial charge in [-0.05, 0) is 34.1 Å². The standard InChI is InChI=1S/C11H9BrClFN4/c1-15-11-16-5-7(12)10(18-11)17-6-2-3-8(13)9(14)4-6/h2-5H,1H3,(H2,15,16,17,18). The second-order valence-electron chi connectivity index (χ2n) is 3.39. The van der Waals surface area contributed by atoms with Gasteiger partial charge in [-0.15, -0.1) is 0 Å². The number of halogens is 3. The number of aromatic nitrogens is 2. The minimum atomic E-state index is -0.485. The lowest BCUT2D eigenvalue weighted by Crippen LogP contribution is -2.01. The third-order valence-electron chi connectivity index (χ3n) is 2.15. The van der Waals surface area contributed by atoms with Crippen molar-refractivity contribution in [3.63, 3.8) is 0 Å². The molecule has 94 valence electrons. The Morgan fingerprint density at radius 3 is 2.83 bits per heavy atom. The van der Waals surface area contributed by atoms with Gasteiger partial charge < -0.3 is 10.6 Å². The SMILES string of the molecule is CNc1ncc(Br)c(Nc2ccc(Cl)c(F)c2)n1. The molecule has 18 heavy (non-hydrogen) atoms. The van der Waals surface area contributed by atoms with E-state index in [1.807, 2.05) is 0 Å². The molecule has 7 heteroatoms. The Hall–Kier alpha value is -1.40. The molecule has 0 atom stereocenters. The molecule has 0 bridgehead atoms. The molecular formula is C11H9BrClFN4. The molecule has 1 aromatic heterocycles. The second-order valence-corrected chi connectivity index (χ2v) is 4.66. The summed E-state index contributed by atoms with van der Waals surface area (Å²) >= 11 is 8.93. The molecule has 0 unspecified atom stereocenters. The van der Waals surface area contributed by atoms with E-state index in [4.69, 9.17) is 11.6 Å². The number of hydrogen-bond acceptors (Lipinski definition) is 4. The predicted octanol–water partition coefficient (Wildman–Crippen LogP) is 3.82. The van der Waals surface area contributed by atoms with E-state index in [9.17, 15) is 4.39 Å². The maximum absolute atomic E-state index is 13.3. The minimum absolute atomic E-state index is 0.0817. The van der Waals surface area contributed by atoms with Crippen molar-refractivity contribution in [2.45, 2.75) is 0 Å². The van der Waals surface area contributed by atoms with Crippen LogP contribution in [0.25, 0.3) is 0 Å². The Labute approximate surface area is 117 Å². The Morgan fingerprint density at radius 1 is 1.39 bits per heavy atom. The Morgan fingerprint density at radius 2 is 2.17 bits per heavy atom. The topological polar surface area (TPSA) is 49.8 Å². The van der Waals surface area contributed by atoms with Crippen LogP contribution in [-0.4, -0.2) is 17.0 Å². The average Bonchev–Trinajstić information content (AvgIpc) is 2.36. The van der Waals surface area contributed by atoms with Gasteiger partial charge in [-0.2, -0.15) is 4.98 Å². The number of nitrogens with zero attached hydrogens (tertiary/aromatic N) is 2. The van der Waals surface area contributed by atoms with E-state index >= 15 is 0 Å². The van der Waals surface area contributed by atoms with E-state index in [1.54, 1.807) is 19.3 Å². The maximum Gasteiger partial charge on any atom is 0.224 e. The molecule has 0 aliphatic carbocycles. The number of rotatable bonds is 3. The fraction of sp³-hybridized carbons (Fsp3) is 0.0909. The number of benzene rings is 1. The highest BCUT2D eigenvalue weighted by Gasteiger charge is 2.06. The quantitative estimate of drug-likeness (QED) is 0.898. The van der Waals surface area contributed by atoms with Crippen molar-refractivity contribution in [3.8, 4) is 0 Å². The normalized spacial score (nSPS) is 10.2. The van der Waals surface area contributed by atoms with Crippen molar-refractivity contribution in [2.24, 2.45) is 0 Å². The third kappa shape index (κ3) is 2.88. The molecule has 2 rings (SSSR count). The summed E-state index contributed by atoms with van der Waals surface area (Å²) in [4.78, 5) is 8.23. The van der Waals surface area contributed by atoms with Crippen molar-refractivity contribution >= 4 is 45.0 Å². The fourth-order valence-corrected chi connectivity index (χ4v) is 1.69. The monoisotopic (exact) mass is 330 g/mol. The van der Waals surface area contributed by atoms with Crippen LogP contribution in [0.4, 0.5) is 21.8 Å². The molecule has 0 spiro atoms. The molecule has 0 aliphatic heterocycles.